The van der Waals surface area contributed by atoms with Crippen LogP contribution in [0.15, 0.2) is 48.5 Å². The Morgan fingerprint density at radius 3 is 1.85 bits per heavy atom. The third kappa shape index (κ3) is 6.93. The van der Waals surface area contributed by atoms with E-state index < -0.39 is 0 Å². The van der Waals surface area contributed by atoms with Crippen LogP contribution in [0.5, 0.6) is 0 Å². The summed E-state index contributed by atoms with van der Waals surface area (Å²) in [6.07, 6.45) is 15.0. The Kier molecular flexibility index (Phi) is 9.44. The molecule has 33 heavy (non-hydrogen) atoms. The number of rotatable bonds is 10. The zero-order chi connectivity index (χ0) is 22.9. The second-order valence-electron chi connectivity index (χ2n) is 10.4. The lowest BCUT2D eigenvalue weighted by atomic mass is 9.77. The molecule has 0 spiro atoms. The van der Waals surface area contributed by atoms with Crippen LogP contribution in [0.1, 0.15) is 108 Å². The van der Waals surface area contributed by atoms with Crippen LogP contribution in [0.4, 0.5) is 0 Å². The molecule has 2 heteroatoms. The summed E-state index contributed by atoms with van der Waals surface area (Å²) in [5, 5.41) is 0. The number of benzene rings is 2. The highest BCUT2D eigenvalue weighted by molar-refractivity contribution is 5.64. The van der Waals surface area contributed by atoms with E-state index in [4.69, 9.17) is 9.47 Å². The van der Waals surface area contributed by atoms with Crippen molar-refractivity contribution in [1.82, 2.24) is 0 Å². The molecule has 2 aliphatic rings. The van der Waals surface area contributed by atoms with Crippen LogP contribution in [0, 0.1) is 5.92 Å². The molecule has 1 aliphatic carbocycles. The Morgan fingerprint density at radius 2 is 1.27 bits per heavy atom. The minimum absolute atomic E-state index is 0.0660. The van der Waals surface area contributed by atoms with Crippen molar-refractivity contribution < 1.29 is 9.47 Å². The van der Waals surface area contributed by atoms with Crippen molar-refractivity contribution in [3.63, 3.8) is 0 Å². The zero-order valence-electron chi connectivity index (χ0n) is 20.9. The average molecular weight is 449 g/mol. The molecular weight excluding hydrogens is 404 g/mol. The third-order valence-corrected chi connectivity index (χ3v) is 7.91. The molecule has 2 aromatic carbocycles. The SMILES string of the molecule is CCCCC[C@@H]1CO[C@@H](c2ccc(-c3ccc([C@H]4CC[C@H](CCCC)CC4)cc3)cc2)CO1. The first-order valence-corrected chi connectivity index (χ1v) is 13.7. The van der Waals surface area contributed by atoms with Gasteiger partial charge in [0.1, 0.15) is 6.10 Å². The average Bonchev–Trinajstić information content (AvgIpc) is 2.89. The summed E-state index contributed by atoms with van der Waals surface area (Å²) in [6.45, 7) is 5.94. The first-order chi connectivity index (χ1) is 16.3. The van der Waals surface area contributed by atoms with Gasteiger partial charge in [-0.3, -0.25) is 0 Å². The largest absolute Gasteiger partial charge is 0.373 e. The molecule has 2 fully saturated rings. The first kappa shape index (κ1) is 24.5. The van der Waals surface area contributed by atoms with E-state index >= 15 is 0 Å². The topological polar surface area (TPSA) is 18.5 Å². The predicted molar refractivity (Wildman–Crippen MR) is 139 cm³/mol. The van der Waals surface area contributed by atoms with E-state index in [0.717, 1.165) is 24.9 Å². The van der Waals surface area contributed by atoms with Gasteiger partial charge in [-0.2, -0.15) is 0 Å². The quantitative estimate of drug-likeness (QED) is 0.338. The molecular formula is C31H44O2. The minimum atomic E-state index is 0.0660. The normalized spacial score (nSPS) is 25.8. The molecule has 1 saturated carbocycles. The van der Waals surface area contributed by atoms with Crippen LogP contribution < -0.4 is 0 Å². The Bertz CT molecular complexity index is 794. The summed E-state index contributed by atoms with van der Waals surface area (Å²) in [6, 6.07) is 18.3. The molecule has 180 valence electrons. The summed E-state index contributed by atoms with van der Waals surface area (Å²) in [7, 11) is 0. The number of ether oxygens (including phenoxy) is 2. The second kappa shape index (κ2) is 12.7. The zero-order valence-corrected chi connectivity index (χ0v) is 20.9. The van der Waals surface area contributed by atoms with Crippen molar-refractivity contribution in [2.24, 2.45) is 5.92 Å². The van der Waals surface area contributed by atoms with Crippen molar-refractivity contribution in [3.05, 3.63) is 59.7 Å². The standard InChI is InChI=1S/C31H44O2/c1-3-5-7-9-30-22-33-31(23-32-30)29-20-18-28(19-21-29)27-16-14-26(15-17-27)25-12-10-24(11-13-25)8-6-4-2/h14-21,24-25,30-31H,3-13,22-23H2,1-2H3/t24-,25-,30-,31-/m1/s1. The van der Waals surface area contributed by atoms with Gasteiger partial charge in [0, 0.05) is 0 Å². The lowest BCUT2D eigenvalue weighted by molar-refractivity contribution is -0.137. The van der Waals surface area contributed by atoms with E-state index in [1.807, 2.05) is 0 Å². The van der Waals surface area contributed by atoms with Gasteiger partial charge in [-0.1, -0.05) is 101 Å². The van der Waals surface area contributed by atoms with Gasteiger partial charge in [-0.25, -0.2) is 0 Å². The number of unbranched alkanes of at least 4 members (excludes halogenated alkanes) is 3. The molecule has 2 aromatic rings. The Labute approximate surface area is 202 Å². The van der Waals surface area contributed by atoms with Gasteiger partial charge >= 0.3 is 0 Å². The molecule has 4 rings (SSSR count). The molecule has 2 nitrogen and oxygen atoms in total. The van der Waals surface area contributed by atoms with Gasteiger partial charge in [0.05, 0.1) is 19.3 Å². The van der Waals surface area contributed by atoms with Gasteiger partial charge in [0.25, 0.3) is 0 Å². The van der Waals surface area contributed by atoms with Gasteiger partial charge < -0.3 is 9.47 Å². The van der Waals surface area contributed by atoms with E-state index in [-0.39, 0.29) is 12.2 Å². The monoisotopic (exact) mass is 448 g/mol. The fourth-order valence-corrected chi connectivity index (χ4v) is 5.64. The highest BCUT2D eigenvalue weighted by atomic mass is 16.6. The predicted octanol–water partition coefficient (Wildman–Crippen LogP) is 8.85. The van der Waals surface area contributed by atoms with Crippen LogP contribution in [0.2, 0.25) is 0 Å². The first-order valence-electron chi connectivity index (χ1n) is 13.7. The van der Waals surface area contributed by atoms with Crippen LogP contribution in [0.25, 0.3) is 11.1 Å². The lowest BCUT2D eigenvalue weighted by Gasteiger charge is -2.30. The number of hydrogen-bond donors (Lipinski definition) is 0. The van der Waals surface area contributed by atoms with Crippen molar-refractivity contribution >= 4 is 0 Å². The number of hydrogen-bond acceptors (Lipinski definition) is 2. The summed E-state index contributed by atoms with van der Waals surface area (Å²) in [5.74, 6) is 1.73. The van der Waals surface area contributed by atoms with E-state index in [2.05, 4.69) is 62.4 Å². The van der Waals surface area contributed by atoms with Crippen molar-refractivity contribution in [2.45, 2.75) is 103 Å². The van der Waals surface area contributed by atoms with Gasteiger partial charge in [0.15, 0.2) is 0 Å². The lowest BCUT2D eigenvalue weighted by Crippen LogP contribution is -2.31. The van der Waals surface area contributed by atoms with Gasteiger partial charge in [-0.05, 0) is 66.2 Å². The van der Waals surface area contributed by atoms with E-state index in [1.54, 1.807) is 0 Å². The molecule has 0 unspecified atom stereocenters. The summed E-state index contributed by atoms with van der Waals surface area (Å²) < 4.78 is 12.2. The van der Waals surface area contributed by atoms with Crippen molar-refractivity contribution in [2.75, 3.05) is 13.2 Å². The third-order valence-electron chi connectivity index (χ3n) is 7.91. The van der Waals surface area contributed by atoms with E-state index in [1.165, 1.54) is 86.5 Å². The fourth-order valence-electron chi connectivity index (χ4n) is 5.64. The highest BCUT2D eigenvalue weighted by Gasteiger charge is 2.24. The molecule has 0 radical (unpaired) electrons. The molecule has 0 bridgehead atoms. The maximum Gasteiger partial charge on any atom is 0.106 e. The summed E-state index contributed by atoms with van der Waals surface area (Å²) >= 11 is 0. The van der Waals surface area contributed by atoms with Crippen LogP contribution in [-0.2, 0) is 9.47 Å². The van der Waals surface area contributed by atoms with Crippen LogP contribution in [-0.4, -0.2) is 19.3 Å². The smallest absolute Gasteiger partial charge is 0.106 e. The fraction of sp³-hybridized carbons (Fsp3) is 0.613. The van der Waals surface area contributed by atoms with Gasteiger partial charge in [0.2, 0.25) is 0 Å². The molecule has 0 aromatic heterocycles. The summed E-state index contributed by atoms with van der Waals surface area (Å²) in [5.41, 5.74) is 5.34. The molecule has 0 amide bonds. The maximum atomic E-state index is 6.14. The highest BCUT2D eigenvalue weighted by Crippen LogP contribution is 2.38. The Morgan fingerprint density at radius 1 is 0.636 bits per heavy atom. The van der Waals surface area contributed by atoms with Gasteiger partial charge in [-0.15, -0.1) is 0 Å². The second-order valence-corrected chi connectivity index (χ2v) is 10.4. The molecule has 1 saturated heterocycles. The van der Waals surface area contributed by atoms with Crippen LogP contribution >= 0.6 is 0 Å². The minimum Gasteiger partial charge on any atom is -0.373 e. The molecule has 1 heterocycles. The van der Waals surface area contributed by atoms with E-state index in [0.29, 0.717) is 6.61 Å². The van der Waals surface area contributed by atoms with Crippen molar-refractivity contribution in [3.8, 4) is 11.1 Å². The van der Waals surface area contributed by atoms with Crippen LogP contribution in [0.3, 0.4) is 0 Å². The maximum absolute atomic E-state index is 6.14. The summed E-state index contributed by atoms with van der Waals surface area (Å²) in [4.78, 5) is 0. The molecule has 0 N–H and O–H groups in total. The van der Waals surface area contributed by atoms with Crippen molar-refractivity contribution in [1.29, 1.82) is 0 Å². The van der Waals surface area contributed by atoms with E-state index in [9.17, 15) is 0 Å². The molecule has 2 atom stereocenters. The Balaban J connectivity index is 1.27. The molecule has 1 aliphatic heterocycles. The Hall–Kier alpha value is -1.64.